The van der Waals surface area contributed by atoms with Crippen LogP contribution in [0.15, 0.2) is 58.6 Å². The van der Waals surface area contributed by atoms with Gasteiger partial charge >= 0.3 is 6.18 Å². The molecule has 0 bridgehead atoms. The molecular weight excluding hydrogens is 401 g/mol. The van der Waals surface area contributed by atoms with Crippen molar-refractivity contribution in [2.24, 2.45) is 0 Å². The van der Waals surface area contributed by atoms with Crippen LogP contribution in [0.5, 0.6) is 0 Å². The minimum Gasteiger partial charge on any atom is -0.263 e. The van der Waals surface area contributed by atoms with Crippen molar-refractivity contribution in [3.05, 3.63) is 54.2 Å². The van der Waals surface area contributed by atoms with E-state index in [1.165, 1.54) is 18.0 Å². The highest BCUT2D eigenvalue weighted by Gasteiger charge is 2.32. The van der Waals surface area contributed by atoms with E-state index in [4.69, 9.17) is 0 Å². The number of hydrogen-bond acceptors (Lipinski definition) is 5. The predicted molar refractivity (Wildman–Crippen MR) is 95.9 cm³/mol. The van der Waals surface area contributed by atoms with E-state index < -0.39 is 26.7 Å². The van der Waals surface area contributed by atoms with Crippen LogP contribution in [-0.4, -0.2) is 29.9 Å². The zero-order valence-corrected chi connectivity index (χ0v) is 15.4. The summed E-state index contributed by atoms with van der Waals surface area (Å²) in [6, 6.07) is 8.61. The zero-order chi connectivity index (χ0) is 19.7. The van der Waals surface area contributed by atoms with Crippen molar-refractivity contribution in [3.8, 4) is 11.3 Å². The summed E-state index contributed by atoms with van der Waals surface area (Å²) in [7, 11) is -4.28. The second-order valence-electron chi connectivity index (χ2n) is 5.33. The van der Waals surface area contributed by atoms with Crippen LogP contribution in [0.3, 0.4) is 0 Å². The Morgan fingerprint density at radius 3 is 2.56 bits per heavy atom. The van der Waals surface area contributed by atoms with Crippen LogP contribution in [0, 0.1) is 0 Å². The number of rotatable bonds is 5. The number of nitrogens with zero attached hydrogens (tertiary/aromatic N) is 2. The molecule has 0 saturated carbocycles. The standard InChI is InChI=1S/C16H13F3N4O2S2/c1-26-15-13(12-7-2-3-8-20-12)14(21-22-15)23-27(24,25)11-6-4-5-10(9-11)16(17,18)19/h2-9H,1H3,(H2,21,22,23). The number of halogens is 3. The fourth-order valence-corrected chi connectivity index (χ4v) is 3.95. The monoisotopic (exact) mass is 414 g/mol. The molecule has 2 heterocycles. The van der Waals surface area contributed by atoms with Gasteiger partial charge < -0.3 is 0 Å². The van der Waals surface area contributed by atoms with Gasteiger partial charge in [-0.25, -0.2) is 8.42 Å². The summed E-state index contributed by atoms with van der Waals surface area (Å²) in [6.07, 6.45) is -1.35. The lowest BCUT2D eigenvalue weighted by atomic mass is 10.2. The van der Waals surface area contributed by atoms with Crippen LogP contribution >= 0.6 is 11.8 Å². The van der Waals surface area contributed by atoms with Crippen LogP contribution in [0.4, 0.5) is 19.0 Å². The van der Waals surface area contributed by atoms with Crippen molar-refractivity contribution in [1.82, 2.24) is 15.2 Å². The summed E-state index contributed by atoms with van der Waals surface area (Å²) in [5, 5.41) is 7.10. The molecule has 11 heteroatoms. The van der Waals surface area contributed by atoms with E-state index >= 15 is 0 Å². The number of aromatic nitrogens is 3. The Kier molecular flexibility index (Phi) is 5.16. The highest BCUT2D eigenvalue weighted by atomic mass is 32.2. The summed E-state index contributed by atoms with van der Waals surface area (Å²) in [4.78, 5) is 3.67. The molecule has 1 aromatic carbocycles. The molecule has 3 aromatic rings. The van der Waals surface area contributed by atoms with Gasteiger partial charge in [0, 0.05) is 6.20 Å². The zero-order valence-electron chi connectivity index (χ0n) is 13.8. The highest BCUT2D eigenvalue weighted by Crippen LogP contribution is 2.35. The molecule has 0 spiro atoms. The number of pyridine rings is 1. The number of aromatic amines is 1. The maximum Gasteiger partial charge on any atom is 0.416 e. The first kappa shape index (κ1) is 19.2. The number of H-pyrrole nitrogens is 1. The van der Waals surface area contributed by atoms with Crippen LogP contribution in [0.2, 0.25) is 0 Å². The Morgan fingerprint density at radius 2 is 1.93 bits per heavy atom. The minimum absolute atomic E-state index is 0.0236. The summed E-state index contributed by atoms with van der Waals surface area (Å²) >= 11 is 1.27. The van der Waals surface area contributed by atoms with E-state index in [-0.39, 0.29) is 5.82 Å². The van der Waals surface area contributed by atoms with E-state index in [0.717, 1.165) is 18.2 Å². The van der Waals surface area contributed by atoms with Gasteiger partial charge in [-0.05, 0) is 36.6 Å². The molecule has 2 N–H and O–H groups in total. The van der Waals surface area contributed by atoms with Crippen LogP contribution in [0.1, 0.15) is 5.56 Å². The van der Waals surface area contributed by atoms with Gasteiger partial charge in [0.1, 0.15) is 10.8 Å². The second-order valence-corrected chi connectivity index (χ2v) is 7.81. The first-order valence-electron chi connectivity index (χ1n) is 7.46. The average molecular weight is 414 g/mol. The van der Waals surface area contributed by atoms with Crippen LogP contribution in [0.25, 0.3) is 11.3 Å². The molecule has 0 radical (unpaired) electrons. The Hall–Kier alpha value is -2.53. The van der Waals surface area contributed by atoms with Crippen LogP contribution in [-0.2, 0) is 16.2 Å². The number of benzene rings is 1. The predicted octanol–water partition coefficient (Wildman–Crippen LogP) is 4.01. The van der Waals surface area contributed by atoms with E-state index in [0.29, 0.717) is 22.3 Å². The Bertz CT molecular complexity index is 1050. The number of nitrogens with one attached hydrogen (secondary N) is 2. The lowest BCUT2D eigenvalue weighted by molar-refractivity contribution is -0.137. The summed E-state index contributed by atoms with van der Waals surface area (Å²) < 4.78 is 66.1. The van der Waals surface area contributed by atoms with Gasteiger partial charge in [0.25, 0.3) is 10.0 Å². The molecule has 0 saturated heterocycles. The molecule has 0 unspecified atom stereocenters. The third kappa shape index (κ3) is 4.08. The SMILES string of the molecule is CSc1n[nH]c(NS(=O)(=O)c2cccc(C(F)(F)F)c2)c1-c1ccccn1. The van der Waals surface area contributed by atoms with Crippen molar-refractivity contribution in [2.45, 2.75) is 16.1 Å². The maximum atomic E-state index is 12.9. The quantitative estimate of drug-likeness (QED) is 0.616. The van der Waals surface area contributed by atoms with Gasteiger partial charge in [0.2, 0.25) is 0 Å². The fourth-order valence-electron chi connectivity index (χ4n) is 2.33. The van der Waals surface area contributed by atoms with Gasteiger partial charge in [-0.15, -0.1) is 11.8 Å². The smallest absolute Gasteiger partial charge is 0.263 e. The normalized spacial score (nSPS) is 12.1. The minimum atomic E-state index is -4.65. The summed E-state index contributed by atoms with van der Waals surface area (Å²) in [6.45, 7) is 0. The third-order valence-corrected chi connectivity index (χ3v) is 5.59. The van der Waals surface area contributed by atoms with Crippen molar-refractivity contribution in [2.75, 3.05) is 11.0 Å². The van der Waals surface area contributed by atoms with Gasteiger partial charge in [-0.3, -0.25) is 14.8 Å². The van der Waals surface area contributed by atoms with E-state index in [1.807, 2.05) is 0 Å². The lowest BCUT2D eigenvalue weighted by Crippen LogP contribution is -2.15. The van der Waals surface area contributed by atoms with Crippen molar-refractivity contribution >= 4 is 27.6 Å². The molecule has 142 valence electrons. The van der Waals surface area contributed by atoms with E-state index in [2.05, 4.69) is 19.9 Å². The van der Waals surface area contributed by atoms with Gasteiger partial charge in [-0.1, -0.05) is 12.1 Å². The topological polar surface area (TPSA) is 87.7 Å². The van der Waals surface area contributed by atoms with Gasteiger partial charge in [0.15, 0.2) is 0 Å². The molecule has 0 aliphatic heterocycles. The molecule has 27 heavy (non-hydrogen) atoms. The second kappa shape index (κ2) is 7.24. The Labute approximate surface area is 157 Å². The molecule has 6 nitrogen and oxygen atoms in total. The first-order chi connectivity index (χ1) is 12.7. The van der Waals surface area contributed by atoms with Crippen LogP contribution < -0.4 is 4.72 Å². The maximum absolute atomic E-state index is 12.9. The number of thioether (sulfide) groups is 1. The van der Waals surface area contributed by atoms with Crippen molar-refractivity contribution in [1.29, 1.82) is 0 Å². The third-order valence-electron chi connectivity index (χ3n) is 3.56. The van der Waals surface area contributed by atoms with Gasteiger partial charge in [0.05, 0.1) is 21.7 Å². The molecule has 0 aliphatic carbocycles. The highest BCUT2D eigenvalue weighted by molar-refractivity contribution is 7.98. The first-order valence-corrected chi connectivity index (χ1v) is 10.2. The van der Waals surface area contributed by atoms with Gasteiger partial charge in [-0.2, -0.15) is 18.3 Å². The fraction of sp³-hybridized carbons (Fsp3) is 0.125. The average Bonchev–Trinajstić information content (AvgIpc) is 3.04. The van der Waals surface area contributed by atoms with E-state index in [9.17, 15) is 21.6 Å². The summed E-state index contributed by atoms with van der Waals surface area (Å²) in [5.74, 6) is 0.0236. The molecule has 0 amide bonds. The Morgan fingerprint density at radius 1 is 1.15 bits per heavy atom. The molecule has 3 rings (SSSR count). The molecular formula is C16H13F3N4O2S2. The van der Waals surface area contributed by atoms with Crippen molar-refractivity contribution < 1.29 is 21.6 Å². The molecule has 0 atom stereocenters. The van der Waals surface area contributed by atoms with Crippen molar-refractivity contribution in [3.63, 3.8) is 0 Å². The summed E-state index contributed by atoms with van der Waals surface area (Å²) in [5.41, 5.74) is -0.166. The number of anilines is 1. The van der Waals surface area contributed by atoms with E-state index in [1.54, 1.807) is 24.5 Å². The lowest BCUT2D eigenvalue weighted by Gasteiger charge is -2.11. The number of hydrogen-bond donors (Lipinski definition) is 2. The number of sulfonamides is 1. The number of alkyl halides is 3. The Balaban J connectivity index is 2.02. The molecule has 2 aromatic heterocycles. The largest absolute Gasteiger partial charge is 0.416 e. The molecule has 0 fully saturated rings. The molecule has 0 aliphatic rings.